The summed E-state index contributed by atoms with van der Waals surface area (Å²) in [6.45, 7) is 2.07. The second-order valence-corrected chi connectivity index (χ2v) is 10.4. The number of fused-ring (bicyclic) bond motifs is 1. The number of benzene rings is 4. The van der Waals surface area contributed by atoms with Gasteiger partial charge in [0.2, 0.25) is 0 Å². The van der Waals surface area contributed by atoms with Crippen LogP contribution in [-0.4, -0.2) is 48.7 Å². The SMILES string of the molecule is CCOc1cc(C=NNC(=O)c2[nH]c3ccc(N(C)C)cc3c2-c2ccccc2Cl)ccc1OC(=O)c1ccc([N+](=O)[O-])cc1. The molecule has 1 aromatic heterocycles. The highest BCUT2D eigenvalue weighted by molar-refractivity contribution is 6.34. The fourth-order valence-corrected chi connectivity index (χ4v) is 4.86. The number of hydrazone groups is 1. The number of hydrogen-bond donors (Lipinski definition) is 2. The molecule has 4 aromatic carbocycles. The van der Waals surface area contributed by atoms with Crippen molar-refractivity contribution in [1.29, 1.82) is 0 Å². The number of nitrogens with one attached hydrogen (secondary N) is 2. The first-order valence-corrected chi connectivity index (χ1v) is 14.2. The molecular formula is C33H28ClN5O6. The average molecular weight is 626 g/mol. The number of carbonyl (C=O) groups is 2. The number of rotatable bonds is 10. The summed E-state index contributed by atoms with van der Waals surface area (Å²) in [7, 11) is 3.88. The molecule has 0 bridgehead atoms. The molecule has 0 aliphatic heterocycles. The number of nitrogens with zero attached hydrogens (tertiary/aromatic N) is 3. The predicted octanol–water partition coefficient (Wildman–Crippen LogP) is 6.84. The number of aromatic amines is 1. The van der Waals surface area contributed by atoms with Crippen molar-refractivity contribution in [2.24, 2.45) is 5.10 Å². The summed E-state index contributed by atoms with van der Waals surface area (Å²) in [5, 5.41) is 16.4. The number of nitro benzene ring substituents is 1. The number of esters is 1. The minimum atomic E-state index is -0.704. The summed E-state index contributed by atoms with van der Waals surface area (Å²) in [6, 6.07) is 23.0. The monoisotopic (exact) mass is 625 g/mol. The first kappa shape index (κ1) is 30.8. The molecule has 0 spiro atoms. The number of H-pyrrole nitrogens is 1. The normalized spacial score (nSPS) is 11.0. The Labute approximate surface area is 263 Å². The van der Waals surface area contributed by atoms with Gasteiger partial charge in [0, 0.05) is 59.0 Å². The molecule has 228 valence electrons. The molecule has 45 heavy (non-hydrogen) atoms. The molecule has 1 heterocycles. The van der Waals surface area contributed by atoms with E-state index in [0.29, 0.717) is 34.0 Å². The smallest absolute Gasteiger partial charge is 0.343 e. The minimum Gasteiger partial charge on any atom is -0.490 e. The second kappa shape index (κ2) is 13.3. The summed E-state index contributed by atoms with van der Waals surface area (Å²) in [5.41, 5.74) is 6.54. The van der Waals surface area contributed by atoms with Crippen LogP contribution in [0.3, 0.4) is 0 Å². The second-order valence-electron chi connectivity index (χ2n) is 10.0. The van der Waals surface area contributed by atoms with E-state index in [9.17, 15) is 19.7 Å². The van der Waals surface area contributed by atoms with Gasteiger partial charge < -0.3 is 19.4 Å². The maximum absolute atomic E-state index is 13.4. The lowest BCUT2D eigenvalue weighted by Gasteiger charge is -2.13. The van der Waals surface area contributed by atoms with Crippen LogP contribution >= 0.6 is 11.6 Å². The van der Waals surface area contributed by atoms with E-state index in [1.807, 2.05) is 55.4 Å². The van der Waals surface area contributed by atoms with Crippen LogP contribution in [0.5, 0.6) is 11.5 Å². The van der Waals surface area contributed by atoms with Crippen molar-refractivity contribution in [1.82, 2.24) is 10.4 Å². The average Bonchev–Trinajstić information content (AvgIpc) is 3.41. The van der Waals surface area contributed by atoms with Gasteiger partial charge in [-0.25, -0.2) is 10.2 Å². The largest absolute Gasteiger partial charge is 0.490 e. The van der Waals surface area contributed by atoms with Crippen molar-refractivity contribution in [2.75, 3.05) is 25.6 Å². The quantitative estimate of drug-likeness (QED) is 0.0569. The first-order valence-electron chi connectivity index (χ1n) is 13.8. The molecule has 12 heteroatoms. The lowest BCUT2D eigenvalue weighted by atomic mass is 10.0. The van der Waals surface area contributed by atoms with E-state index in [-0.39, 0.29) is 22.7 Å². The fraction of sp³-hybridized carbons (Fsp3) is 0.121. The van der Waals surface area contributed by atoms with Crippen LogP contribution in [0.15, 0.2) is 90.0 Å². The van der Waals surface area contributed by atoms with E-state index in [0.717, 1.165) is 16.6 Å². The van der Waals surface area contributed by atoms with E-state index in [1.165, 1.54) is 36.5 Å². The summed E-state index contributed by atoms with van der Waals surface area (Å²) in [6.07, 6.45) is 1.43. The van der Waals surface area contributed by atoms with Gasteiger partial charge in [-0.3, -0.25) is 14.9 Å². The topological polar surface area (TPSA) is 139 Å². The maximum Gasteiger partial charge on any atom is 0.343 e. The van der Waals surface area contributed by atoms with Crippen LogP contribution < -0.4 is 19.8 Å². The van der Waals surface area contributed by atoms with Crippen LogP contribution in [-0.2, 0) is 0 Å². The molecule has 11 nitrogen and oxygen atoms in total. The number of non-ortho nitro benzene ring substituents is 1. The highest BCUT2D eigenvalue weighted by Gasteiger charge is 2.21. The molecule has 0 aliphatic rings. The van der Waals surface area contributed by atoms with Crippen molar-refractivity contribution < 1.29 is 24.0 Å². The molecule has 0 unspecified atom stereocenters. The molecule has 1 amide bonds. The molecule has 0 radical (unpaired) electrons. The van der Waals surface area contributed by atoms with Gasteiger partial charge in [-0.1, -0.05) is 29.8 Å². The zero-order chi connectivity index (χ0) is 32.1. The van der Waals surface area contributed by atoms with E-state index in [4.69, 9.17) is 21.1 Å². The zero-order valence-electron chi connectivity index (χ0n) is 24.5. The Morgan fingerprint density at radius 1 is 1.02 bits per heavy atom. The highest BCUT2D eigenvalue weighted by Crippen LogP contribution is 2.38. The van der Waals surface area contributed by atoms with Gasteiger partial charge in [-0.15, -0.1) is 0 Å². The van der Waals surface area contributed by atoms with Crippen LogP contribution in [0.4, 0.5) is 11.4 Å². The molecule has 5 aromatic rings. The molecule has 2 N–H and O–H groups in total. The Morgan fingerprint density at radius 2 is 1.78 bits per heavy atom. The van der Waals surface area contributed by atoms with Gasteiger partial charge in [0.15, 0.2) is 11.5 Å². The molecule has 0 fully saturated rings. The Morgan fingerprint density at radius 3 is 2.47 bits per heavy atom. The minimum absolute atomic E-state index is 0.139. The van der Waals surface area contributed by atoms with E-state index in [2.05, 4.69) is 15.5 Å². The van der Waals surface area contributed by atoms with Crippen molar-refractivity contribution in [3.63, 3.8) is 0 Å². The van der Waals surface area contributed by atoms with Crippen molar-refractivity contribution >= 4 is 52.0 Å². The number of nitro groups is 1. The molecule has 0 aliphatic carbocycles. The number of aromatic nitrogens is 1. The number of anilines is 1. The van der Waals surface area contributed by atoms with Crippen molar-refractivity contribution in [3.8, 4) is 22.6 Å². The molecule has 0 atom stereocenters. The Balaban J connectivity index is 1.37. The van der Waals surface area contributed by atoms with Crippen molar-refractivity contribution in [2.45, 2.75) is 6.92 Å². The highest BCUT2D eigenvalue weighted by atomic mass is 35.5. The number of amides is 1. The molecular weight excluding hydrogens is 598 g/mol. The van der Waals surface area contributed by atoms with Crippen LogP contribution in [0.25, 0.3) is 22.0 Å². The Kier molecular flexibility index (Phi) is 9.10. The Hall–Kier alpha value is -5.68. The van der Waals surface area contributed by atoms with Gasteiger partial charge in [0.25, 0.3) is 11.6 Å². The third-order valence-corrected chi connectivity index (χ3v) is 7.16. The van der Waals surface area contributed by atoms with Crippen LogP contribution in [0.2, 0.25) is 5.02 Å². The van der Waals surface area contributed by atoms with Gasteiger partial charge in [0.05, 0.1) is 23.3 Å². The first-order chi connectivity index (χ1) is 21.7. The number of ether oxygens (including phenoxy) is 2. The van der Waals surface area contributed by atoms with E-state index in [1.54, 1.807) is 25.1 Å². The maximum atomic E-state index is 13.4. The number of carbonyl (C=O) groups excluding carboxylic acids is 2. The van der Waals surface area contributed by atoms with Gasteiger partial charge in [0.1, 0.15) is 5.69 Å². The summed E-state index contributed by atoms with van der Waals surface area (Å²) < 4.78 is 11.2. The summed E-state index contributed by atoms with van der Waals surface area (Å²) in [5.74, 6) is -0.746. The van der Waals surface area contributed by atoms with Gasteiger partial charge >= 0.3 is 5.97 Å². The van der Waals surface area contributed by atoms with Gasteiger partial charge in [-0.05, 0) is 67.1 Å². The lowest BCUT2D eigenvalue weighted by molar-refractivity contribution is -0.384. The van der Waals surface area contributed by atoms with Crippen LogP contribution in [0.1, 0.15) is 33.3 Å². The zero-order valence-corrected chi connectivity index (χ0v) is 25.3. The molecule has 0 saturated heterocycles. The third-order valence-electron chi connectivity index (χ3n) is 6.83. The predicted molar refractivity (Wildman–Crippen MR) is 174 cm³/mol. The molecule has 5 rings (SSSR count). The van der Waals surface area contributed by atoms with Gasteiger partial charge in [-0.2, -0.15) is 5.10 Å². The standard InChI is InChI=1S/C33H28ClN5O6/c1-4-44-29-17-20(9-16-28(29)45-33(41)21-10-12-22(13-11-21)39(42)43)19-35-37-32(40)31-30(24-7-5-6-8-26(24)34)25-18-23(38(2)3)14-15-27(25)36-31/h5-19,36H,4H2,1-3H3,(H,37,40). The summed E-state index contributed by atoms with van der Waals surface area (Å²) >= 11 is 6.56. The Bertz CT molecular complexity index is 1930. The van der Waals surface area contributed by atoms with Crippen molar-refractivity contribution in [3.05, 3.63) is 117 Å². The van der Waals surface area contributed by atoms with E-state index >= 15 is 0 Å². The van der Waals surface area contributed by atoms with Crippen LogP contribution in [0, 0.1) is 10.1 Å². The number of halogens is 1. The third kappa shape index (κ3) is 6.78. The van der Waals surface area contributed by atoms with E-state index < -0.39 is 16.8 Å². The fourth-order valence-electron chi connectivity index (χ4n) is 4.63. The lowest BCUT2D eigenvalue weighted by Crippen LogP contribution is -2.19. The molecule has 0 saturated carbocycles. The number of hydrogen-bond acceptors (Lipinski definition) is 8. The summed E-state index contributed by atoms with van der Waals surface area (Å²) in [4.78, 5) is 41.6.